The topological polar surface area (TPSA) is 92.2 Å². The summed E-state index contributed by atoms with van der Waals surface area (Å²) in [5.74, 6) is -0.231. The number of aryl methyl sites for hydroxylation is 1. The third-order valence-electron chi connectivity index (χ3n) is 2.83. The molecule has 0 aliphatic heterocycles. The predicted molar refractivity (Wildman–Crippen MR) is 74.7 cm³/mol. The summed E-state index contributed by atoms with van der Waals surface area (Å²) in [6.45, 7) is 6.20. The monoisotopic (exact) mass is 279 g/mol. The maximum atomic E-state index is 12.1. The zero-order valence-corrected chi connectivity index (χ0v) is 12.1. The first kappa shape index (κ1) is 16.1. The standard InChI is InChI=1S/C14H21N3O3/c1-9(2)13-11(8-16-10(3)17-13)14(20)15-7-5-4-6-12(18)19/h8-9H,4-7H2,1-3H3,(H,15,20)(H,18,19). The largest absolute Gasteiger partial charge is 0.481 e. The van der Waals surface area contributed by atoms with E-state index in [0.717, 1.165) is 5.69 Å². The highest BCUT2D eigenvalue weighted by atomic mass is 16.4. The molecule has 2 N–H and O–H groups in total. The third-order valence-corrected chi connectivity index (χ3v) is 2.83. The SMILES string of the molecule is Cc1ncc(C(=O)NCCCCC(=O)O)c(C(C)C)n1. The van der Waals surface area contributed by atoms with Gasteiger partial charge >= 0.3 is 5.97 Å². The molecule has 110 valence electrons. The van der Waals surface area contributed by atoms with Crippen LogP contribution in [-0.2, 0) is 4.79 Å². The molecule has 0 fully saturated rings. The molecule has 0 atom stereocenters. The van der Waals surface area contributed by atoms with Gasteiger partial charge in [-0.25, -0.2) is 9.97 Å². The van der Waals surface area contributed by atoms with Crippen LogP contribution in [0, 0.1) is 6.92 Å². The Morgan fingerprint density at radius 2 is 2.05 bits per heavy atom. The summed E-state index contributed by atoms with van der Waals surface area (Å²) < 4.78 is 0. The van der Waals surface area contributed by atoms with Crippen LogP contribution in [0.5, 0.6) is 0 Å². The van der Waals surface area contributed by atoms with Gasteiger partial charge in [0, 0.05) is 19.2 Å². The molecule has 1 aromatic heterocycles. The fourth-order valence-corrected chi connectivity index (χ4v) is 1.80. The van der Waals surface area contributed by atoms with Gasteiger partial charge < -0.3 is 10.4 Å². The molecule has 1 heterocycles. The van der Waals surface area contributed by atoms with E-state index in [2.05, 4.69) is 15.3 Å². The average Bonchev–Trinajstić information content (AvgIpc) is 2.37. The number of hydrogen-bond acceptors (Lipinski definition) is 4. The quantitative estimate of drug-likeness (QED) is 0.744. The van der Waals surface area contributed by atoms with Gasteiger partial charge in [0.2, 0.25) is 0 Å². The summed E-state index contributed by atoms with van der Waals surface area (Å²) in [6, 6.07) is 0. The number of aliphatic carboxylic acids is 1. The van der Waals surface area contributed by atoms with E-state index < -0.39 is 5.97 Å². The van der Waals surface area contributed by atoms with Crippen molar-refractivity contribution in [1.82, 2.24) is 15.3 Å². The summed E-state index contributed by atoms with van der Waals surface area (Å²) >= 11 is 0. The van der Waals surface area contributed by atoms with Crippen molar-refractivity contribution >= 4 is 11.9 Å². The van der Waals surface area contributed by atoms with Crippen molar-refractivity contribution in [1.29, 1.82) is 0 Å². The normalized spacial score (nSPS) is 10.6. The third kappa shape index (κ3) is 4.95. The zero-order valence-electron chi connectivity index (χ0n) is 12.1. The molecule has 0 saturated heterocycles. The number of aromatic nitrogens is 2. The van der Waals surface area contributed by atoms with Crippen molar-refractivity contribution in [3.63, 3.8) is 0 Å². The van der Waals surface area contributed by atoms with E-state index in [0.29, 0.717) is 30.8 Å². The van der Waals surface area contributed by atoms with E-state index in [1.54, 1.807) is 13.1 Å². The lowest BCUT2D eigenvalue weighted by atomic mass is 10.0. The number of carbonyl (C=O) groups excluding carboxylic acids is 1. The number of carboxylic acids is 1. The van der Waals surface area contributed by atoms with Gasteiger partial charge in [0.15, 0.2) is 0 Å². The summed E-state index contributed by atoms with van der Waals surface area (Å²) in [4.78, 5) is 30.8. The number of carbonyl (C=O) groups is 2. The lowest BCUT2D eigenvalue weighted by molar-refractivity contribution is -0.137. The molecule has 0 aromatic carbocycles. The first-order valence-electron chi connectivity index (χ1n) is 6.75. The lowest BCUT2D eigenvalue weighted by Crippen LogP contribution is -2.26. The number of carboxylic acid groups (broad SMARTS) is 1. The number of rotatable bonds is 7. The second kappa shape index (κ2) is 7.57. The average molecular weight is 279 g/mol. The maximum Gasteiger partial charge on any atom is 0.303 e. The van der Waals surface area contributed by atoms with Gasteiger partial charge in [0.05, 0.1) is 11.3 Å². The second-order valence-corrected chi connectivity index (χ2v) is 4.98. The number of nitrogens with zero attached hydrogens (tertiary/aromatic N) is 2. The number of hydrogen-bond donors (Lipinski definition) is 2. The molecule has 0 saturated carbocycles. The Morgan fingerprint density at radius 3 is 2.65 bits per heavy atom. The van der Waals surface area contributed by atoms with Crippen molar-refractivity contribution < 1.29 is 14.7 Å². The van der Waals surface area contributed by atoms with Crippen LogP contribution in [0.15, 0.2) is 6.20 Å². The van der Waals surface area contributed by atoms with E-state index in [-0.39, 0.29) is 18.2 Å². The van der Waals surface area contributed by atoms with Crippen LogP contribution in [0.1, 0.15) is 60.9 Å². The Morgan fingerprint density at radius 1 is 1.35 bits per heavy atom. The Kier molecular flexibility index (Phi) is 6.09. The van der Waals surface area contributed by atoms with E-state index in [9.17, 15) is 9.59 Å². The van der Waals surface area contributed by atoms with E-state index >= 15 is 0 Å². The second-order valence-electron chi connectivity index (χ2n) is 4.98. The number of nitrogens with one attached hydrogen (secondary N) is 1. The summed E-state index contributed by atoms with van der Waals surface area (Å²) in [6.07, 6.45) is 2.86. The molecule has 1 rings (SSSR count). The highest BCUT2D eigenvalue weighted by Crippen LogP contribution is 2.16. The molecule has 0 aliphatic rings. The van der Waals surface area contributed by atoms with Gasteiger partial charge in [-0.05, 0) is 25.7 Å². The Bertz CT molecular complexity index is 487. The van der Waals surface area contributed by atoms with Crippen LogP contribution >= 0.6 is 0 Å². The van der Waals surface area contributed by atoms with Crippen molar-refractivity contribution in [3.8, 4) is 0 Å². The molecule has 0 aliphatic carbocycles. The Labute approximate surface area is 118 Å². The molecule has 0 spiro atoms. The summed E-state index contributed by atoms with van der Waals surface area (Å²) in [5, 5.41) is 11.3. The summed E-state index contributed by atoms with van der Waals surface area (Å²) in [5.41, 5.74) is 1.23. The Balaban J connectivity index is 2.57. The van der Waals surface area contributed by atoms with Crippen LogP contribution in [-0.4, -0.2) is 33.5 Å². The van der Waals surface area contributed by atoms with E-state index in [1.165, 1.54) is 0 Å². The number of unbranched alkanes of at least 4 members (excludes halogenated alkanes) is 1. The molecule has 20 heavy (non-hydrogen) atoms. The van der Waals surface area contributed by atoms with Crippen LogP contribution in [0.4, 0.5) is 0 Å². The summed E-state index contributed by atoms with van der Waals surface area (Å²) in [7, 11) is 0. The molecule has 0 radical (unpaired) electrons. The molecule has 1 amide bonds. The predicted octanol–water partition coefficient (Wildman–Crippen LogP) is 1.89. The van der Waals surface area contributed by atoms with Gasteiger partial charge in [-0.1, -0.05) is 13.8 Å². The molecule has 0 unspecified atom stereocenters. The van der Waals surface area contributed by atoms with Crippen molar-refractivity contribution in [2.24, 2.45) is 0 Å². The van der Waals surface area contributed by atoms with Crippen molar-refractivity contribution in [3.05, 3.63) is 23.3 Å². The van der Waals surface area contributed by atoms with Crippen LogP contribution in [0.25, 0.3) is 0 Å². The minimum atomic E-state index is -0.814. The van der Waals surface area contributed by atoms with Gasteiger partial charge in [-0.2, -0.15) is 0 Å². The van der Waals surface area contributed by atoms with Crippen LogP contribution in [0.3, 0.4) is 0 Å². The van der Waals surface area contributed by atoms with Crippen molar-refractivity contribution in [2.45, 2.75) is 46.0 Å². The molecular weight excluding hydrogens is 258 g/mol. The van der Waals surface area contributed by atoms with Gasteiger partial charge in [0.25, 0.3) is 5.91 Å². The maximum absolute atomic E-state index is 12.1. The zero-order chi connectivity index (χ0) is 15.1. The van der Waals surface area contributed by atoms with E-state index in [1.807, 2.05) is 13.8 Å². The minimum Gasteiger partial charge on any atom is -0.481 e. The smallest absolute Gasteiger partial charge is 0.303 e. The number of amides is 1. The van der Waals surface area contributed by atoms with E-state index in [4.69, 9.17) is 5.11 Å². The lowest BCUT2D eigenvalue weighted by Gasteiger charge is -2.12. The van der Waals surface area contributed by atoms with Gasteiger partial charge in [-0.3, -0.25) is 9.59 Å². The van der Waals surface area contributed by atoms with Crippen molar-refractivity contribution in [2.75, 3.05) is 6.54 Å². The minimum absolute atomic E-state index is 0.126. The highest BCUT2D eigenvalue weighted by Gasteiger charge is 2.15. The first-order valence-corrected chi connectivity index (χ1v) is 6.75. The molecular formula is C14H21N3O3. The Hall–Kier alpha value is -1.98. The molecule has 6 heteroatoms. The first-order chi connectivity index (χ1) is 9.41. The molecule has 1 aromatic rings. The fourth-order valence-electron chi connectivity index (χ4n) is 1.80. The van der Waals surface area contributed by atoms with Gasteiger partial charge in [0.1, 0.15) is 5.82 Å². The fraction of sp³-hybridized carbons (Fsp3) is 0.571. The highest BCUT2D eigenvalue weighted by molar-refractivity contribution is 5.95. The molecule has 0 bridgehead atoms. The molecule has 6 nitrogen and oxygen atoms in total. The van der Waals surface area contributed by atoms with Crippen LogP contribution < -0.4 is 5.32 Å². The van der Waals surface area contributed by atoms with Crippen LogP contribution in [0.2, 0.25) is 0 Å². The van der Waals surface area contributed by atoms with Gasteiger partial charge in [-0.15, -0.1) is 0 Å².